The second-order valence-electron chi connectivity index (χ2n) is 5.47. The molecule has 0 spiro atoms. The fraction of sp³-hybridized carbons (Fsp3) is 0.333. The van der Waals surface area contributed by atoms with Crippen molar-refractivity contribution >= 4 is 0 Å². The van der Waals surface area contributed by atoms with Gasteiger partial charge < -0.3 is 4.74 Å². The number of hydrogen-bond donors (Lipinski definition) is 0. The molecule has 3 rings (SSSR count). The number of benzene rings is 2. The average molecular weight is 252 g/mol. The van der Waals surface area contributed by atoms with Gasteiger partial charge in [-0.05, 0) is 30.4 Å². The van der Waals surface area contributed by atoms with Crippen molar-refractivity contribution in [1.82, 2.24) is 0 Å². The Labute approximate surface area is 115 Å². The largest absolute Gasteiger partial charge is 0.378 e. The van der Waals surface area contributed by atoms with E-state index in [0.717, 1.165) is 6.42 Å². The summed E-state index contributed by atoms with van der Waals surface area (Å²) in [5.74, 6) is 0.435. The van der Waals surface area contributed by atoms with Crippen LogP contribution in [0.3, 0.4) is 0 Å². The first-order valence-corrected chi connectivity index (χ1v) is 6.98. The molecule has 0 amide bonds. The standard InChI is InChI=1S/C18H20O/c1-19-18(12-13-18)14-17(15-8-4-2-5-9-15)16-10-6-3-7-11-16/h2-11,17H,12-14H2,1H3. The van der Waals surface area contributed by atoms with Gasteiger partial charge in [0.25, 0.3) is 0 Å². The molecule has 2 aromatic carbocycles. The maximum Gasteiger partial charge on any atom is 0.0690 e. The molecule has 1 aliphatic rings. The minimum atomic E-state index is 0.121. The molecular weight excluding hydrogens is 232 g/mol. The van der Waals surface area contributed by atoms with Crippen LogP contribution in [0.2, 0.25) is 0 Å². The van der Waals surface area contributed by atoms with Crippen molar-refractivity contribution in [2.75, 3.05) is 7.11 Å². The molecule has 0 atom stereocenters. The molecule has 0 aliphatic heterocycles. The molecule has 0 bridgehead atoms. The van der Waals surface area contributed by atoms with E-state index in [0.29, 0.717) is 5.92 Å². The van der Waals surface area contributed by atoms with Crippen LogP contribution in [-0.4, -0.2) is 12.7 Å². The van der Waals surface area contributed by atoms with Crippen LogP contribution in [0.4, 0.5) is 0 Å². The van der Waals surface area contributed by atoms with Gasteiger partial charge in [-0.3, -0.25) is 0 Å². The number of methoxy groups -OCH3 is 1. The summed E-state index contributed by atoms with van der Waals surface area (Å²) in [4.78, 5) is 0. The lowest BCUT2D eigenvalue weighted by Crippen LogP contribution is -2.17. The fourth-order valence-electron chi connectivity index (χ4n) is 2.80. The van der Waals surface area contributed by atoms with Gasteiger partial charge in [0.2, 0.25) is 0 Å². The first-order valence-electron chi connectivity index (χ1n) is 6.98. The normalized spacial score (nSPS) is 16.5. The van der Waals surface area contributed by atoms with Gasteiger partial charge in [0, 0.05) is 13.0 Å². The number of rotatable bonds is 5. The molecule has 2 aromatic rings. The van der Waals surface area contributed by atoms with Gasteiger partial charge in [-0.2, -0.15) is 0 Å². The lowest BCUT2D eigenvalue weighted by Gasteiger charge is -2.23. The van der Waals surface area contributed by atoms with Crippen molar-refractivity contribution < 1.29 is 4.74 Å². The molecule has 98 valence electrons. The molecule has 1 heteroatoms. The van der Waals surface area contributed by atoms with E-state index >= 15 is 0 Å². The van der Waals surface area contributed by atoms with E-state index in [1.807, 2.05) is 7.11 Å². The van der Waals surface area contributed by atoms with Crippen LogP contribution in [0.25, 0.3) is 0 Å². The molecule has 0 radical (unpaired) electrons. The summed E-state index contributed by atoms with van der Waals surface area (Å²) in [5.41, 5.74) is 2.89. The van der Waals surface area contributed by atoms with Crippen LogP contribution >= 0.6 is 0 Å². The number of ether oxygens (including phenoxy) is 1. The third kappa shape index (κ3) is 2.71. The van der Waals surface area contributed by atoms with E-state index in [-0.39, 0.29) is 5.60 Å². The molecule has 0 unspecified atom stereocenters. The summed E-state index contributed by atoms with van der Waals surface area (Å²) >= 11 is 0. The Bertz CT molecular complexity index is 474. The zero-order valence-corrected chi connectivity index (χ0v) is 11.4. The molecule has 1 saturated carbocycles. The van der Waals surface area contributed by atoms with Gasteiger partial charge in [0.1, 0.15) is 0 Å². The first-order chi connectivity index (χ1) is 9.33. The van der Waals surface area contributed by atoms with Crippen molar-refractivity contribution in [1.29, 1.82) is 0 Å². The summed E-state index contributed by atoms with van der Waals surface area (Å²) in [7, 11) is 1.85. The van der Waals surface area contributed by atoms with Crippen LogP contribution in [0.15, 0.2) is 60.7 Å². The monoisotopic (exact) mass is 252 g/mol. The molecule has 0 aromatic heterocycles. The Morgan fingerprint density at radius 1 is 0.895 bits per heavy atom. The Morgan fingerprint density at radius 3 is 1.74 bits per heavy atom. The Morgan fingerprint density at radius 2 is 1.37 bits per heavy atom. The predicted octanol–water partition coefficient (Wildman–Crippen LogP) is 4.39. The van der Waals surface area contributed by atoms with Crippen molar-refractivity contribution in [3.63, 3.8) is 0 Å². The van der Waals surface area contributed by atoms with Gasteiger partial charge in [-0.25, -0.2) is 0 Å². The Kier molecular flexibility index (Phi) is 3.39. The minimum absolute atomic E-state index is 0.121. The highest BCUT2D eigenvalue weighted by molar-refractivity contribution is 5.33. The topological polar surface area (TPSA) is 9.23 Å². The van der Waals surface area contributed by atoms with E-state index < -0.39 is 0 Å². The maximum absolute atomic E-state index is 5.72. The highest BCUT2D eigenvalue weighted by Crippen LogP contribution is 2.47. The van der Waals surface area contributed by atoms with Crippen molar-refractivity contribution in [2.45, 2.75) is 30.8 Å². The minimum Gasteiger partial charge on any atom is -0.378 e. The predicted molar refractivity (Wildman–Crippen MR) is 78.3 cm³/mol. The summed E-state index contributed by atoms with van der Waals surface area (Å²) in [6.45, 7) is 0. The highest BCUT2D eigenvalue weighted by atomic mass is 16.5. The molecule has 0 saturated heterocycles. The van der Waals surface area contributed by atoms with Crippen molar-refractivity contribution in [2.24, 2.45) is 0 Å². The maximum atomic E-state index is 5.72. The Hall–Kier alpha value is -1.60. The van der Waals surface area contributed by atoms with Gasteiger partial charge in [0.05, 0.1) is 5.60 Å². The number of hydrogen-bond acceptors (Lipinski definition) is 1. The SMILES string of the molecule is COC1(CC(c2ccccc2)c2ccccc2)CC1. The molecule has 1 aliphatic carbocycles. The quantitative estimate of drug-likeness (QED) is 0.767. The molecule has 1 nitrogen and oxygen atoms in total. The molecular formula is C18H20O. The summed E-state index contributed by atoms with van der Waals surface area (Å²) in [5, 5.41) is 0. The van der Waals surface area contributed by atoms with Crippen LogP contribution in [-0.2, 0) is 4.74 Å². The van der Waals surface area contributed by atoms with E-state index in [2.05, 4.69) is 60.7 Å². The second kappa shape index (κ2) is 5.18. The van der Waals surface area contributed by atoms with Crippen LogP contribution in [0, 0.1) is 0 Å². The average Bonchev–Trinajstić information content (AvgIpc) is 3.27. The zero-order valence-electron chi connectivity index (χ0n) is 11.4. The van der Waals surface area contributed by atoms with Crippen LogP contribution in [0.5, 0.6) is 0 Å². The summed E-state index contributed by atoms with van der Waals surface area (Å²) in [6.07, 6.45) is 3.47. The highest BCUT2D eigenvalue weighted by Gasteiger charge is 2.44. The summed E-state index contributed by atoms with van der Waals surface area (Å²) in [6, 6.07) is 21.5. The molecule has 19 heavy (non-hydrogen) atoms. The van der Waals surface area contributed by atoms with Gasteiger partial charge in [-0.1, -0.05) is 60.7 Å². The van der Waals surface area contributed by atoms with E-state index in [1.54, 1.807) is 0 Å². The first kappa shape index (κ1) is 12.4. The van der Waals surface area contributed by atoms with Gasteiger partial charge in [-0.15, -0.1) is 0 Å². The van der Waals surface area contributed by atoms with Crippen molar-refractivity contribution in [3.8, 4) is 0 Å². The van der Waals surface area contributed by atoms with E-state index in [9.17, 15) is 0 Å². The second-order valence-corrected chi connectivity index (χ2v) is 5.47. The smallest absolute Gasteiger partial charge is 0.0690 e. The van der Waals surface area contributed by atoms with Crippen molar-refractivity contribution in [3.05, 3.63) is 71.8 Å². The lowest BCUT2D eigenvalue weighted by atomic mass is 9.86. The lowest BCUT2D eigenvalue weighted by molar-refractivity contribution is 0.0692. The molecule has 0 heterocycles. The summed E-state index contributed by atoms with van der Waals surface area (Å²) < 4.78 is 5.72. The van der Waals surface area contributed by atoms with Gasteiger partial charge >= 0.3 is 0 Å². The fourth-order valence-corrected chi connectivity index (χ4v) is 2.80. The zero-order chi connectivity index (χ0) is 13.1. The van der Waals surface area contributed by atoms with Gasteiger partial charge in [0.15, 0.2) is 0 Å². The third-order valence-corrected chi connectivity index (χ3v) is 4.22. The van der Waals surface area contributed by atoms with E-state index in [4.69, 9.17) is 4.74 Å². The van der Waals surface area contributed by atoms with E-state index in [1.165, 1.54) is 24.0 Å². The van der Waals surface area contributed by atoms with Crippen LogP contribution in [0.1, 0.15) is 36.3 Å². The van der Waals surface area contributed by atoms with Crippen LogP contribution < -0.4 is 0 Å². The molecule has 1 fully saturated rings. The molecule has 0 N–H and O–H groups in total. The third-order valence-electron chi connectivity index (χ3n) is 4.22. The Balaban J connectivity index is 1.92.